The van der Waals surface area contributed by atoms with Crippen LogP contribution in [0.5, 0.6) is 0 Å². The molecular weight excluding hydrogens is 444 g/mol. The van der Waals surface area contributed by atoms with Crippen LogP contribution >= 0.6 is 7.92 Å². The number of hydrogen-bond donors (Lipinski definition) is 0. The van der Waals surface area contributed by atoms with E-state index in [1.165, 1.54) is 0 Å². The molecule has 1 rings (SSSR count). The molecule has 0 spiro atoms. The first-order valence-electron chi connectivity index (χ1n) is 7.08. The summed E-state index contributed by atoms with van der Waals surface area (Å²) >= 11 is 0. The maximum Gasteiger partial charge on any atom is 1.00 e. The third kappa shape index (κ3) is 9.35. The first kappa shape index (κ1) is 22.7. The van der Waals surface area contributed by atoms with Crippen LogP contribution in [0.25, 0.3) is 0 Å². The second-order valence-corrected chi connectivity index (χ2v) is 12.6. The van der Waals surface area contributed by atoms with Gasteiger partial charge in [0.25, 0.3) is 0 Å². The summed E-state index contributed by atoms with van der Waals surface area (Å²) in [5.74, 6) is 0. The van der Waals surface area contributed by atoms with Crippen molar-refractivity contribution in [2.45, 2.75) is 77.8 Å². The summed E-state index contributed by atoms with van der Waals surface area (Å²) in [5.41, 5.74) is 0. The van der Waals surface area contributed by atoms with Crippen molar-refractivity contribution in [3.05, 3.63) is 36.4 Å². The van der Waals surface area contributed by atoms with Crippen LogP contribution in [0.4, 0.5) is 0 Å². The molecule has 0 bridgehead atoms. The van der Waals surface area contributed by atoms with Gasteiger partial charge in [0.05, 0.1) is 0 Å². The minimum Gasteiger partial charge on any atom is -0.184 e. The van der Waals surface area contributed by atoms with Crippen LogP contribution in [0, 0.1) is 6.07 Å². The summed E-state index contributed by atoms with van der Waals surface area (Å²) in [6, 6.07) is 12.5. The van der Waals surface area contributed by atoms with Gasteiger partial charge in [-0.25, -0.2) is 0 Å². The third-order valence-electron chi connectivity index (χ3n) is 2.62. The first-order valence-corrected chi connectivity index (χ1v) is 8.42. The van der Waals surface area contributed by atoms with E-state index in [1.54, 1.807) is 0 Å². The Bertz CT molecular complexity index is 278. The second-order valence-electron chi connectivity index (χ2n) is 7.93. The molecule has 0 saturated carbocycles. The Morgan fingerprint density at radius 2 is 0.900 bits per heavy atom. The van der Waals surface area contributed by atoms with Crippen molar-refractivity contribution in [3.63, 3.8) is 0 Å². The van der Waals surface area contributed by atoms with Crippen molar-refractivity contribution in [3.8, 4) is 0 Å². The maximum atomic E-state index is 2.89. The van der Waals surface area contributed by atoms with E-state index in [0.717, 1.165) is 0 Å². The van der Waals surface area contributed by atoms with E-state index in [2.05, 4.69) is 68.4 Å². The zero-order chi connectivity index (χ0) is 15.3. The van der Waals surface area contributed by atoms with E-state index in [9.17, 15) is 0 Å². The molecule has 0 aliphatic carbocycles. The number of hydrogen-bond acceptors (Lipinski definition) is 0. The summed E-state index contributed by atoms with van der Waals surface area (Å²) in [4.78, 5) is 0. The third-order valence-corrected chi connectivity index (χ3v) is 6.64. The van der Waals surface area contributed by atoms with Gasteiger partial charge in [-0.1, -0.05) is 70.2 Å². The van der Waals surface area contributed by atoms with Crippen LogP contribution < -0.4 is 0 Å². The Hall–Kier alpha value is 0.390. The average molecular weight is 476 g/mol. The first-order chi connectivity index (χ1) is 8.37. The molecule has 20 heavy (non-hydrogen) atoms. The molecule has 2 heteroatoms. The standard InChI is InChI=1S/C12H27P.C6H5.Au/c1-10(2,3)13(11(4,5)6)12(7,8)9;1-2-4-6-5-3-1;/h1-9H3;1-5H;/q;-1;+1. The molecule has 0 fully saturated rings. The van der Waals surface area contributed by atoms with Gasteiger partial charge < -0.3 is 0 Å². The summed E-state index contributed by atoms with van der Waals surface area (Å²) in [6.07, 6.45) is 0. The fourth-order valence-corrected chi connectivity index (χ4v) is 9.40. The predicted octanol–water partition coefficient (Wildman–Crippen LogP) is 6.35. The SMILES string of the molecule is CC(C)(C)P(C(C)(C)C)C(C)(C)C.[Au+].[c-]1ccccc1. The van der Waals surface area contributed by atoms with Crippen LogP contribution in [0.3, 0.4) is 0 Å². The molecule has 0 aliphatic heterocycles. The van der Waals surface area contributed by atoms with Gasteiger partial charge in [-0.15, -0.1) is 0 Å². The molecule has 0 N–H and O–H groups in total. The van der Waals surface area contributed by atoms with Gasteiger partial charge in [0.2, 0.25) is 0 Å². The molecule has 0 amide bonds. The molecule has 0 saturated heterocycles. The smallest absolute Gasteiger partial charge is 0.184 e. The molecule has 0 unspecified atom stereocenters. The molecule has 0 radical (unpaired) electrons. The quantitative estimate of drug-likeness (QED) is 0.233. The molecule has 0 atom stereocenters. The monoisotopic (exact) mass is 476 g/mol. The van der Waals surface area contributed by atoms with Crippen molar-refractivity contribution < 1.29 is 22.4 Å². The average Bonchev–Trinajstić information content (AvgIpc) is 2.13. The van der Waals surface area contributed by atoms with Crippen LogP contribution in [-0.4, -0.2) is 15.5 Å². The molecule has 1 aromatic rings. The topological polar surface area (TPSA) is 0 Å². The van der Waals surface area contributed by atoms with Crippen molar-refractivity contribution >= 4 is 7.92 Å². The molecule has 120 valence electrons. The van der Waals surface area contributed by atoms with E-state index in [-0.39, 0.29) is 30.3 Å². The number of benzene rings is 1. The zero-order valence-electron chi connectivity index (χ0n) is 14.6. The van der Waals surface area contributed by atoms with Crippen LogP contribution in [0.1, 0.15) is 62.3 Å². The van der Waals surface area contributed by atoms with Crippen LogP contribution in [-0.2, 0) is 22.4 Å². The molecule has 1 aromatic carbocycles. The summed E-state index contributed by atoms with van der Waals surface area (Å²) in [5, 5.41) is 1.35. The van der Waals surface area contributed by atoms with Gasteiger partial charge in [-0.3, -0.25) is 0 Å². The Balaban J connectivity index is 0. The van der Waals surface area contributed by atoms with E-state index < -0.39 is 0 Å². The normalized spacial score (nSPS) is 12.3. The summed E-state index contributed by atoms with van der Waals surface area (Å²) < 4.78 is 0. The van der Waals surface area contributed by atoms with Gasteiger partial charge in [-0.05, 0) is 15.5 Å². The fourth-order valence-electron chi connectivity index (χ4n) is 3.36. The van der Waals surface area contributed by atoms with Crippen LogP contribution in [0.2, 0.25) is 0 Å². The molecule has 0 heterocycles. The van der Waals surface area contributed by atoms with E-state index in [1.807, 2.05) is 30.3 Å². The van der Waals surface area contributed by atoms with Gasteiger partial charge >= 0.3 is 22.4 Å². The fraction of sp³-hybridized carbons (Fsp3) is 0.667. The van der Waals surface area contributed by atoms with Gasteiger partial charge in [0.15, 0.2) is 0 Å². The van der Waals surface area contributed by atoms with E-state index >= 15 is 0 Å². The van der Waals surface area contributed by atoms with Gasteiger partial charge in [0, 0.05) is 0 Å². The van der Waals surface area contributed by atoms with Crippen molar-refractivity contribution in [1.82, 2.24) is 0 Å². The Labute approximate surface area is 144 Å². The van der Waals surface area contributed by atoms with Crippen molar-refractivity contribution in [2.24, 2.45) is 0 Å². The van der Waals surface area contributed by atoms with Gasteiger partial charge in [0.1, 0.15) is 0 Å². The minimum absolute atomic E-state index is 0. The Morgan fingerprint density at radius 1 is 0.600 bits per heavy atom. The summed E-state index contributed by atoms with van der Waals surface area (Å²) in [7, 11) is 0.0162. The molecule has 0 aliphatic rings. The molecular formula is C18H32AuP. The van der Waals surface area contributed by atoms with Gasteiger partial charge in [-0.2, -0.15) is 36.4 Å². The maximum absolute atomic E-state index is 2.89. The second kappa shape index (κ2) is 8.74. The zero-order valence-corrected chi connectivity index (χ0v) is 17.7. The van der Waals surface area contributed by atoms with E-state index in [4.69, 9.17) is 0 Å². The van der Waals surface area contributed by atoms with Crippen LogP contribution in [0.15, 0.2) is 30.3 Å². The minimum atomic E-state index is 0. The van der Waals surface area contributed by atoms with Crippen molar-refractivity contribution in [2.75, 3.05) is 0 Å². The Kier molecular flexibility index (Phi) is 9.91. The summed E-state index contributed by atoms with van der Waals surface area (Å²) in [6.45, 7) is 21.5. The largest absolute Gasteiger partial charge is 1.00 e. The molecule has 0 aromatic heterocycles. The Morgan fingerprint density at radius 3 is 0.950 bits per heavy atom. The number of rotatable bonds is 0. The molecule has 0 nitrogen and oxygen atoms in total. The predicted molar refractivity (Wildman–Crippen MR) is 91.5 cm³/mol. The van der Waals surface area contributed by atoms with Crippen molar-refractivity contribution in [1.29, 1.82) is 0 Å². The van der Waals surface area contributed by atoms with E-state index in [0.29, 0.717) is 15.5 Å².